The van der Waals surface area contributed by atoms with Gasteiger partial charge in [0.1, 0.15) is 0 Å². The first-order valence-electron chi connectivity index (χ1n) is 8.14. The Bertz CT molecular complexity index is 148. The van der Waals surface area contributed by atoms with Crippen LogP contribution in [0.5, 0.6) is 0 Å². The van der Waals surface area contributed by atoms with Crippen LogP contribution in [0.3, 0.4) is 0 Å². The summed E-state index contributed by atoms with van der Waals surface area (Å²) < 4.78 is 0. The second kappa shape index (κ2) is 11.1. The summed E-state index contributed by atoms with van der Waals surface area (Å²) in [6.07, 6.45) is 17.4. The first kappa shape index (κ1) is 15.0. The second-order valence-corrected chi connectivity index (χ2v) is 5.83. The van der Waals surface area contributed by atoms with Crippen molar-refractivity contribution in [3.8, 4) is 0 Å². The zero-order valence-corrected chi connectivity index (χ0v) is 12.0. The summed E-state index contributed by atoms with van der Waals surface area (Å²) in [4.78, 5) is 0. The number of nitrogens with one attached hydrogen (secondary N) is 1. The highest BCUT2D eigenvalue weighted by Gasteiger charge is 2.10. The van der Waals surface area contributed by atoms with Crippen LogP contribution in [-0.2, 0) is 0 Å². The normalized spacial score (nSPS) is 18.2. The van der Waals surface area contributed by atoms with Crippen LogP contribution in [0.1, 0.15) is 84.0 Å². The lowest BCUT2D eigenvalue weighted by molar-refractivity contribution is 0.421. The van der Waals surface area contributed by atoms with E-state index < -0.39 is 0 Å². The molecule has 0 aromatic heterocycles. The first-order valence-corrected chi connectivity index (χ1v) is 8.14. The Morgan fingerprint density at radius 1 is 0.824 bits per heavy atom. The monoisotopic (exact) mass is 239 g/mol. The summed E-state index contributed by atoms with van der Waals surface area (Å²) in [6, 6.07) is 0. The van der Waals surface area contributed by atoms with E-state index in [1.54, 1.807) is 0 Å². The smallest absolute Gasteiger partial charge is 0.00205 e. The van der Waals surface area contributed by atoms with Crippen LogP contribution < -0.4 is 5.32 Å². The van der Waals surface area contributed by atoms with Crippen molar-refractivity contribution in [1.29, 1.82) is 0 Å². The molecule has 17 heavy (non-hydrogen) atoms. The van der Waals surface area contributed by atoms with Crippen molar-refractivity contribution in [1.82, 2.24) is 5.32 Å². The molecule has 1 aliphatic rings. The minimum atomic E-state index is 0.984. The van der Waals surface area contributed by atoms with E-state index >= 15 is 0 Å². The maximum atomic E-state index is 3.67. The Hall–Kier alpha value is -0.0400. The molecule has 0 amide bonds. The highest BCUT2D eigenvalue weighted by Crippen LogP contribution is 2.21. The van der Waals surface area contributed by atoms with Gasteiger partial charge < -0.3 is 5.32 Å². The lowest BCUT2D eigenvalue weighted by atomic mass is 10.0. The maximum Gasteiger partial charge on any atom is -0.00205 e. The first-order chi connectivity index (χ1) is 8.43. The quantitative estimate of drug-likeness (QED) is 0.445. The van der Waals surface area contributed by atoms with E-state index in [1.165, 1.54) is 90.1 Å². The molecule has 1 aliphatic carbocycles. The van der Waals surface area contributed by atoms with Crippen LogP contribution >= 0.6 is 0 Å². The molecular weight excluding hydrogens is 206 g/mol. The fourth-order valence-electron chi connectivity index (χ4n) is 2.90. The van der Waals surface area contributed by atoms with Gasteiger partial charge in [-0.3, -0.25) is 0 Å². The summed E-state index contributed by atoms with van der Waals surface area (Å²) in [5, 5.41) is 3.67. The van der Waals surface area contributed by atoms with Crippen LogP contribution in [0.2, 0.25) is 0 Å². The summed E-state index contributed by atoms with van der Waals surface area (Å²) >= 11 is 0. The molecule has 0 unspecified atom stereocenters. The number of rotatable bonds is 9. The van der Waals surface area contributed by atoms with E-state index in [0.29, 0.717) is 0 Å². The third kappa shape index (κ3) is 8.65. The molecule has 0 bridgehead atoms. The lowest BCUT2D eigenvalue weighted by Gasteiger charge is -2.14. The second-order valence-electron chi connectivity index (χ2n) is 5.83. The average Bonchev–Trinajstić information content (AvgIpc) is 2.61. The summed E-state index contributed by atoms with van der Waals surface area (Å²) in [5.41, 5.74) is 0. The topological polar surface area (TPSA) is 12.0 Å². The fourth-order valence-corrected chi connectivity index (χ4v) is 2.90. The summed E-state index contributed by atoms with van der Waals surface area (Å²) in [7, 11) is 0. The zero-order valence-electron chi connectivity index (χ0n) is 12.0. The molecule has 1 saturated carbocycles. The van der Waals surface area contributed by atoms with Crippen LogP contribution in [0, 0.1) is 5.92 Å². The van der Waals surface area contributed by atoms with Gasteiger partial charge in [-0.1, -0.05) is 64.7 Å². The maximum absolute atomic E-state index is 3.67. The van der Waals surface area contributed by atoms with Crippen LogP contribution in [0.4, 0.5) is 0 Å². The molecule has 0 heterocycles. The van der Waals surface area contributed by atoms with Gasteiger partial charge in [0.25, 0.3) is 0 Å². The molecule has 1 fully saturated rings. The predicted octanol–water partition coefficient (Wildman–Crippen LogP) is 4.91. The Morgan fingerprint density at radius 3 is 2.18 bits per heavy atom. The third-order valence-corrected chi connectivity index (χ3v) is 4.11. The summed E-state index contributed by atoms with van der Waals surface area (Å²) in [5.74, 6) is 0.984. The molecule has 0 aromatic carbocycles. The molecule has 0 atom stereocenters. The van der Waals surface area contributed by atoms with E-state index in [4.69, 9.17) is 0 Å². The van der Waals surface area contributed by atoms with Crippen molar-refractivity contribution < 1.29 is 0 Å². The van der Waals surface area contributed by atoms with E-state index in [2.05, 4.69) is 12.2 Å². The Morgan fingerprint density at radius 2 is 1.47 bits per heavy atom. The highest BCUT2D eigenvalue weighted by atomic mass is 14.8. The van der Waals surface area contributed by atoms with Crippen LogP contribution in [0.25, 0.3) is 0 Å². The van der Waals surface area contributed by atoms with Gasteiger partial charge in [-0.2, -0.15) is 0 Å². The molecule has 0 aromatic rings. The van der Waals surface area contributed by atoms with Crippen LogP contribution in [0.15, 0.2) is 0 Å². The minimum absolute atomic E-state index is 0.984. The molecule has 0 spiro atoms. The molecule has 1 N–H and O–H groups in total. The highest BCUT2D eigenvalue weighted by molar-refractivity contribution is 4.66. The molecule has 1 nitrogen and oxygen atoms in total. The minimum Gasteiger partial charge on any atom is -0.316 e. The SMILES string of the molecule is CCCCCCCCNCC1CCCCCC1. The van der Waals surface area contributed by atoms with Crippen molar-refractivity contribution in [2.24, 2.45) is 5.92 Å². The Labute approximate surface area is 109 Å². The lowest BCUT2D eigenvalue weighted by Crippen LogP contribution is -2.23. The number of hydrogen-bond acceptors (Lipinski definition) is 1. The van der Waals surface area contributed by atoms with E-state index in [0.717, 1.165) is 5.92 Å². The molecule has 1 heteroatoms. The van der Waals surface area contributed by atoms with Crippen molar-refractivity contribution >= 4 is 0 Å². The molecule has 0 saturated heterocycles. The van der Waals surface area contributed by atoms with E-state index in [-0.39, 0.29) is 0 Å². The number of hydrogen-bond donors (Lipinski definition) is 1. The van der Waals surface area contributed by atoms with E-state index in [1.807, 2.05) is 0 Å². The average molecular weight is 239 g/mol. The number of unbranched alkanes of at least 4 members (excludes halogenated alkanes) is 5. The van der Waals surface area contributed by atoms with Gasteiger partial charge in [0.05, 0.1) is 0 Å². The van der Waals surface area contributed by atoms with Crippen molar-refractivity contribution in [3.63, 3.8) is 0 Å². The van der Waals surface area contributed by atoms with Gasteiger partial charge in [0.2, 0.25) is 0 Å². The molecule has 102 valence electrons. The van der Waals surface area contributed by atoms with Gasteiger partial charge in [0.15, 0.2) is 0 Å². The zero-order chi connectivity index (χ0) is 12.2. The largest absolute Gasteiger partial charge is 0.316 e. The fraction of sp³-hybridized carbons (Fsp3) is 1.00. The standard InChI is InChI=1S/C16H33N/c1-2-3-4-5-8-11-14-17-15-16-12-9-6-7-10-13-16/h16-17H,2-15H2,1H3. The Kier molecular flexibility index (Phi) is 9.78. The van der Waals surface area contributed by atoms with Gasteiger partial charge in [-0.15, -0.1) is 0 Å². The summed E-state index contributed by atoms with van der Waals surface area (Å²) in [6.45, 7) is 4.83. The van der Waals surface area contributed by atoms with Crippen molar-refractivity contribution in [3.05, 3.63) is 0 Å². The molecule has 0 radical (unpaired) electrons. The van der Waals surface area contributed by atoms with E-state index in [9.17, 15) is 0 Å². The Balaban J connectivity index is 1.82. The third-order valence-electron chi connectivity index (χ3n) is 4.11. The van der Waals surface area contributed by atoms with Gasteiger partial charge in [-0.05, 0) is 38.3 Å². The van der Waals surface area contributed by atoms with Gasteiger partial charge in [0, 0.05) is 0 Å². The predicted molar refractivity (Wildman–Crippen MR) is 77.4 cm³/mol. The van der Waals surface area contributed by atoms with Crippen molar-refractivity contribution in [2.45, 2.75) is 84.0 Å². The van der Waals surface area contributed by atoms with Crippen LogP contribution in [-0.4, -0.2) is 13.1 Å². The van der Waals surface area contributed by atoms with Gasteiger partial charge >= 0.3 is 0 Å². The van der Waals surface area contributed by atoms with Crippen molar-refractivity contribution in [2.75, 3.05) is 13.1 Å². The van der Waals surface area contributed by atoms with Gasteiger partial charge in [-0.25, -0.2) is 0 Å². The molecular formula is C16H33N. The molecule has 1 rings (SSSR count). The molecule has 0 aliphatic heterocycles.